The molecule has 1 rings (SSSR count). The first-order valence-corrected chi connectivity index (χ1v) is 6.10. The zero-order valence-corrected chi connectivity index (χ0v) is 10.4. The molecule has 0 aliphatic carbocycles. The number of hydrogen-bond donors (Lipinski definition) is 2. The number of carboxylic acid groups (broad SMARTS) is 1. The lowest BCUT2D eigenvalue weighted by molar-refractivity contribution is 0.0697. The maximum Gasteiger partial charge on any atom is 0.339 e. The molecule has 0 amide bonds. The van der Waals surface area contributed by atoms with Crippen molar-refractivity contribution in [2.75, 3.05) is 5.32 Å². The quantitative estimate of drug-likeness (QED) is 0.714. The third-order valence-electron chi connectivity index (χ3n) is 2.66. The summed E-state index contributed by atoms with van der Waals surface area (Å²) >= 11 is 0. The van der Waals surface area contributed by atoms with E-state index in [0.717, 1.165) is 12.8 Å². The maximum atomic E-state index is 11.0. The molecule has 1 atom stereocenters. The topological polar surface area (TPSA) is 62.2 Å². The highest BCUT2D eigenvalue weighted by molar-refractivity contribution is 5.93. The van der Waals surface area contributed by atoms with Crippen LogP contribution in [0.3, 0.4) is 0 Å². The Labute approximate surface area is 102 Å². The van der Waals surface area contributed by atoms with Crippen molar-refractivity contribution in [3.8, 4) is 0 Å². The van der Waals surface area contributed by atoms with E-state index < -0.39 is 5.97 Å². The molecule has 4 heteroatoms. The number of anilines is 1. The molecule has 4 nitrogen and oxygen atoms in total. The first kappa shape index (κ1) is 13.5. The van der Waals surface area contributed by atoms with E-state index in [4.69, 9.17) is 5.11 Å². The van der Waals surface area contributed by atoms with Gasteiger partial charge in [0.15, 0.2) is 0 Å². The molecule has 0 aromatic carbocycles. The van der Waals surface area contributed by atoms with Gasteiger partial charge >= 0.3 is 5.97 Å². The van der Waals surface area contributed by atoms with Gasteiger partial charge in [0, 0.05) is 12.2 Å². The smallest absolute Gasteiger partial charge is 0.339 e. The van der Waals surface area contributed by atoms with E-state index in [9.17, 15) is 4.79 Å². The predicted molar refractivity (Wildman–Crippen MR) is 68.4 cm³/mol. The highest BCUT2D eigenvalue weighted by atomic mass is 16.4. The number of aromatic nitrogens is 1. The van der Waals surface area contributed by atoms with Gasteiger partial charge in [0.25, 0.3) is 0 Å². The van der Waals surface area contributed by atoms with Gasteiger partial charge in [0.1, 0.15) is 11.4 Å². The molecule has 17 heavy (non-hydrogen) atoms. The van der Waals surface area contributed by atoms with E-state index in [1.54, 1.807) is 18.3 Å². The van der Waals surface area contributed by atoms with Crippen molar-refractivity contribution in [1.29, 1.82) is 0 Å². The number of unbranched alkanes of at least 4 members (excludes halogenated alkanes) is 2. The molecule has 0 aliphatic rings. The lowest BCUT2D eigenvalue weighted by Crippen LogP contribution is -2.18. The maximum absolute atomic E-state index is 11.0. The normalized spacial score (nSPS) is 12.1. The Bertz CT molecular complexity index is 366. The van der Waals surface area contributed by atoms with Gasteiger partial charge in [-0.05, 0) is 25.5 Å². The van der Waals surface area contributed by atoms with Crippen LogP contribution < -0.4 is 5.32 Å². The van der Waals surface area contributed by atoms with E-state index in [1.807, 2.05) is 0 Å². The zero-order valence-electron chi connectivity index (χ0n) is 10.4. The van der Waals surface area contributed by atoms with Crippen molar-refractivity contribution in [2.45, 2.75) is 45.6 Å². The van der Waals surface area contributed by atoms with Gasteiger partial charge in [0.05, 0.1) is 0 Å². The molecule has 1 aromatic heterocycles. The number of nitrogens with zero attached hydrogens (tertiary/aromatic N) is 1. The second-order valence-electron chi connectivity index (χ2n) is 4.25. The minimum atomic E-state index is -0.943. The third kappa shape index (κ3) is 4.43. The Kier molecular flexibility index (Phi) is 5.46. The van der Waals surface area contributed by atoms with Gasteiger partial charge in [-0.15, -0.1) is 0 Å². The fourth-order valence-electron chi connectivity index (χ4n) is 1.70. The third-order valence-corrected chi connectivity index (χ3v) is 2.66. The van der Waals surface area contributed by atoms with E-state index in [-0.39, 0.29) is 11.6 Å². The van der Waals surface area contributed by atoms with Crippen molar-refractivity contribution in [1.82, 2.24) is 4.98 Å². The zero-order chi connectivity index (χ0) is 12.7. The van der Waals surface area contributed by atoms with E-state index in [0.29, 0.717) is 5.82 Å². The van der Waals surface area contributed by atoms with Crippen LogP contribution in [0.15, 0.2) is 18.3 Å². The van der Waals surface area contributed by atoms with Crippen LogP contribution in [0.1, 0.15) is 49.9 Å². The number of carboxylic acids is 1. The molecule has 0 radical (unpaired) electrons. The fraction of sp³-hybridized carbons (Fsp3) is 0.538. The van der Waals surface area contributed by atoms with E-state index in [2.05, 4.69) is 24.1 Å². The summed E-state index contributed by atoms with van der Waals surface area (Å²) in [5.41, 5.74) is 0.231. The number of hydrogen-bond acceptors (Lipinski definition) is 3. The number of rotatable bonds is 7. The second kappa shape index (κ2) is 6.89. The minimum absolute atomic E-state index is 0.231. The van der Waals surface area contributed by atoms with Gasteiger partial charge in [-0.1, -0.05) is 26.2 Å². The van der Waals surface area contributed by atoms with Crippen molar-refractivity contribution < 1.29 is 9.90 Å². The van der Waals surface area contributed by atoms with Crippen LogP contribution in [0.25, 0.3) is 0 Å². The summed E-state index contributed by atoms with van der Waals surface area (Å²) in [6, 6.07) is 3.45. The van der Waals surface area contributed by atoms with Gasteiger partial charge in [-0.2, -0.15) is 0 Å². The molecule has 0 aliphatic heterocycles. The molecule has 2 N–H and O–H groups in total. The largest absolute Gasteiger partial charge is 0.478 e. The van der Waals surface area contributed by atoms with Crippen LogP contribution in [0.5, 0.6) is 0 Å². The summed E-state index contributed by atoms with van der Waals surface area (Å²) in [4.78, 5) is 15.1. The summed E-state index contributed by atoms with van der Waals surface area (Å²) in [5, 5.41) is 12.2. The Hall–Kier alpha value is -1.58. The SMILES string of the molecule is CCCCCC(C)Nc1ncccc1C(=O)O. The van der Waals surface area contributed by atoms with Crippen molar-refractivity contribution >= 4 is 11.8 Å². The average molecular weight is 236 g/mol. The highest BCUT2D eigenvalue weighted by Gasteiger charge is 2.12. The molecule has 0 spiro atoms. The van der Waals surface area contributed by atoms with Crippen LogP contribution in [0.2, 0.25) is 0 Å². The Balaban J connectivity index is 2.58. The first-order valence-electron chi connectivity index (χ1n) is 6.10. The standard InChI is InChI=1S/C13H20N2O2/c1-3-4-5-7-10(2)15-12-11(13(16)17)8-6-9-14-12/h6,8-10H,3-5,7H2,1-2H3,(H,14,15)(H,16,17). The monoisotopic (exact) mass is 236 g/mol. The molecule has 0 bridgehead atoms. The summed E-state index contributed by atoms with van der Waals surface area (Å²) in [6.45, 7) is 4.22. The molecule has 1 unspecified atom stereocenters. The van der Waals surface area contributed by atoms with Gasteiger partial charge in [0.2, 0.25) is 0 Å². The van der Waals surface area contributed by atoms with Crippen molar-refractivity contribution in [3.63, 3.8) is 0 Å². The van der Waals surface area contributed by atoms with Crippen LogP contribution >= 0.6 is 0 Å². The van der Waals surface area contributed by atoms with Crippen molar-refractivity contribution in [3.05, 3.63) is 23.9 Å². The van der Waals surface area contributed by atoms with Crippen LogP contribution in [0.4, 0.5) is 5.82 Å². The van der Waals surface area contributed by atoms with E-state index in [1.165, 1.54) is 12.8 Å². The second-order valence-corrected chi connectivity index (χ2v) is 4.25. The molecule has 94 valence electrons. The predicted octanol–water partition coefficient (Wildman–Crippen LogP) is 3.16. The molecular weight excluding hydrogens is 216 g/mol. The molecule has 0 saturated heterocycles. The molecular formula is C13H20N2O2. The van der Waals surface area contributed by atoms with Gasteiger partial charge in [-0.3, -0.25) is 0 Å². The van der Waals surface area contributed by atoms with Gasteiger partial charge < -0.3 is 10.4 Å². The molecule has 0 fully saturated rings. The van der Waals surface area contributed by atoms with Crippen molar-refractivity contribution in [2.24, 2.45) is 0 Å². The van der Waals surface area contributed by atoms with Crippen LogP contribution in [-0.2, 0) is 0 Å². The molecule has 1 aromatic rings. The minimum Gasteiger partial charge on any atom is -0.478 e. The summed E-state index contributed by atoms with van der Waals surface area (Å²) in [7, 11) is 0. The Morgan fingerprint density at radius 1 is 1.53 bits per heavy atom. The highest BCUT2D eigenvalue weighted by Crippen LogP contribution is 2.14. The number of pyridine rings is 1. The molecule has 1 heterocycles. The average Bonchev–Trinajstić information content (AvgIpc) is 2.29. The van der Waals surface area contributed by atoms with Crippen LogP contribution in [-0.4, -0.2) is 22.1 Å². The van der Waals surface area contributed by atoms with E-state index >= 15 is 0 Å². The fourth-order valence-corrected chi connectivity index (χ4v) is 1.70. The summed E-state index contributed by atoms with van der Waals surface area (Å²) in [6.07, 6.45) is 6.19. The van der Waals surface area contributed by atoms with Gasteiger partial charge in [-0.25, -0.2) is 9.78 Å². The number of nitrogens with one attached hydrogen (secondary N) is 1. The van der Waals surface area contributed by atoms with Crippen LogP contribution in [0, 0.1) is 0 Å². The summed E-state index contributed by atoms with van der Waals surface area (Å²) in [5.74, 6) is -0.481. The summed E-state index contributed by atoms with van der Waals surface area (Å²) < 4.78 is 0. The Morgan fingerprint density at radius 3 is 2.94 bits per heavy atom. The number of carbonyl (C=O) groups is 1. The first-order chi connectivity index (χ1) is 8.15. The lowest BCUT2D eigenvalue weighted by Gasteiger charge is -2.15. The molecule has 0 saturated carbocycles. The lowest BCUT2D eigenvalue weighted by atomic mass is 10.1. The Morgan fingerprint density at radius 2 is 2.29 bits per heavy atom. The number of aromatic carboxylic acids is 1.